The Hall–Kier alpha value is -2.49. The van der Waals surface area contributed by atoms with Gasteiger partial charge in [-0.25, -0.2) is 0 Å². The second kappa shape index (κ2) is 8.22. The molecule has 0 heterocycles. The van der Waals surface area contributed by atoms with Gasteiger partial charge in [-0.2, -0.15) is 0 Å². The van der Waals surface area contributed by atoms with E-state index in [4.69, 9.17) is 10.5 Å². The molecular weight excluding hydrogens is 288 g/mol. The second-order valence-electron chi connectivity index (χ2n) is 5.71. The number of benzene rings is 2. The number of nitrogens with one attached hydrogen (secondary N) is 1. The summed E-state index contributed by atoms with van der Waals surface area (Å²) < 4.78 is 5.69. The van der Waals surface area contributed by atoms with E-state index in [2.05, 4.69) is 5.32 Å². The summed E-state index contributed by atoms with van der Waals surface area (Å²) in [6.07, 6.45) is 1.15. The van der Waals surface area contributed by atoms with Gasteiger partial charge in [0.1, 0.15) is 5.75 Å². The highest BCUT2D eigenvalue weighted by atomic mass is 16.5. The van der Waals surface area contributed by atoms with Gasteiger partial charge < -0.3 is 15.8 Å². The lowest BCUT2D eigenvalue weighted by atomic mass is 10.1. The third kappa shape index (κ3) is 5.66. The van der Waals surface area contributed by atoms with Crippen LogP contribution in [0.15, 0.2) is 42.5 Å². The molecule has 4 heteroatoms. The fourth-order valence-corrected chi connectivity index (χ4v) is 2.24. The molecule has 0 aliphatic heterocycles. The Morgan fingerprint density at radius 1 is 1.13 bits per heavy atom. The maximum Gasteiger partial charge on any atom is 0.223 e. The van der Waals surface area contributed by atoms with Crippen molar-refractivity contribution in [2.75, 3.05) is 18.9 Å². The van der Waals surface area contributed by atoms with Gasteiger partial charge in [0.25, 0.3) is 0 Å². The van der Waals surface area contributed by atoms with Crippen molar-refractivity contribution in [1.82, 2.24) is 5.32 Å². The molecule has 2 aromatic rings. The van der Waals surface area contributed by atoms with Crippen molar-refractivity contribution in [1.29, 1.82) is 0 Å². The van der Waals surface area contributed by atoms with E-state index >= 15 is 0 Å². The van der Waals surface area contributed by atoms with Crippen LogP contribution in [0.1, 0.15) is 23.1 Å². The van der Waals surface area contributed by atoms with E-state index < -0.39 is 0 Å². The van der Waals surface area contributed by atoms with E-state index in [9.17, 15) is 4.79 Å². The summed E-state index contributed by atoms with van der Waals surface area (Å²) in [6, 6.07) is 13.8. The molecule has 0 fully saturated rings. The molecule has 0 saturated heterocycles. The third-order valence-corrected chi connectivity index (χ3v) is 3.65. The van der Waals surface area contributed by atoms with Crippen LogP contribution in [-0.2, 0) is 11.2 Å². The number of anilines is 1. The highest BCUT2D eigenvalue weighted by Crippen LogP contribution is 2.19. The van der Waals surface area contributed by atoms with Crippen LogP contribution in [0, 0.1) is 13.8 Å². The van der Waals surface area contributed by atoms with Crippen LogP contribution in [0.2, 0.25) is 0 Å². The molecule has 2 aromatic carbocycles. The summed E-state index contributed by atoms with van der Waals surface area (Å²) in [5.41, 5.74) is 9.79. The predicted octanol–water partition coefficient (Wildman–Crippen LogP) is 3.01. The lowest BCUT2D eigenvalue weighted by molar-refractivity contribution is -0.121. The van der Waals surface area contributed by atoms with Crippen LogP contribution in [0.4, 0.5) is 5.69 Å². The fourth-order valence-electron chi connectivity index (χ4n) is 2.24. The molecule has 0 bridgehead atoms. The minimum absolute atomic E-state index is 0.00533. The third-order valence-electron chi connectivity index (χ3n) is 3.65. The Balaban J connectivity index is 1.67. The Labute approximate surface area is 137 Å². The molecule has 0 saturated carbocycles. The van der Waals surface area contributed by atoms with Gasteiger partial charge in [-0.1, -0.05) is 24.3 Å². The molecule has 122 valence electrons. The van der Waals surface area contributed by atoms with Crippen LogP contribution in [0.5, 0.6) is 5.75 Å². The molecule has 2 rings (SSSR count). The van der Waals surface area contributed by atoms with E-state index in [1.54, 1.807) is 0 Å². The molecule has 0 atom stereocenters. The number of hydrogen-bond donors (Lipinski definition) is 2. The Bertz CT molecular complexity index is 651. The highest BCUT2D eigenvalue weighted by Gasteiger charge is 2.04. The van der Waals surface area contributed by atoms with E-state index in [1.165, 1.54) is 0 Å². The topological polar surface area (TPSA) is 64.3 Å². The first kappa shape index (κ1) is 16.9. The molecule has 0 aromatic heterocycles. The Kier molecular flexibility index (Phi) is 6.03. The number of rotatable bonds is 7. The zero-order chi connectivity index (χ0) is 16.7. The standard InChI is InChI=1S/C19H24N2O2/c1-14-3-4-15(2)18(13-14)23-12-10-19(22)21-11-9-16-5-7-17(20)8-6-16/h3-8,13H,9-12,20H2,1-2H3,(H,21,22). The molecule has 0 radical (unpaired) electrons. The van der Waals surface area contributed by atoms with Gasteiger partial charge in [-0.3, -0.25) is 4.79 Å². The monoisotopic (exact) mass is 312 g/mol. The molecular formula is C19H24N2O2. The summed E-state index contributed by atoms with van der Waals surface area (Å²) in [5, 5.41) is 2.91. The number of aryl methyl sites for hydroxylation is 2. The number of amides is 1. The minimum atomic E-state index is 0.00533. The lowest BCUT2D eigenvalue weighted by Crippen LogP contribution is -2.27. The van der Waals surface area contributed by atoms with E-state index in [0.29, 0.717) is 19.6 Å². The van der Waals surface area contributed by atoms with Gasteiger partial charge in [-0.05, 0) is 55.2 Å². The van der Waals surface area contributed by atoms with E-state index in [-0.39, 0.29) is 5.91 Å². The normalized spacial score (nSPS) is 10.3. The highest BCUT2D eigenvalue weighted by molar-refractivity contribution is 5.76. The van der Waals surface area contributed by atoms with Crippen molar-refractivity contribution < 1.29 is 9.53 Å². The molecule has 1 amide bonds. The maximum absolute atomic E-state index is 11.8. The fraction of sp³-hybridized carbons (Fsp3) is 0.316. The number of carbonyl (C=O) groups is 1. The summed E-state index contributed by atoms with van der Waals surface area (Å²) in [6.45, 7) is 5.03. The van der Waals surface area contributed by atoms with Gasteiger partial charge in [0, 0.05) is 12.2 Å². The summed E-state index contributed by atoms with van der Waals surface area (Å²) in [5.74, 6) is 0.852. The molecule has 23 heavy (non-hydrogen) atoms. The minimum Gasteiger partial charge on any atom is -0.493 e. The number of hydrogen-bond acceptors (Lipinski definition) is 3. The molecule has 4 nitrogen and oxygen atoms in total. The van der Waals surface area contributed by atoms with Crippen LogP contribution in [0.3, 0.4) is 0 Å². The van der Waals surface area contributed by atoms with E-state index in [0.717, 1.165) is 34.5 Å². The maximum atomic E-state index is 11.8. The number of nitrogens with two attached hydrogens (primary N) is 1. The lowest BCUT2D eigenvalue weighted by Gasteiger charge is -2.10. The first-order valence-corrected chi connectivity index (χ1v) is 7.86. The van der Waals surface area contributed by atoms with Crippen LogP contribution < -0.4 is 15.8 Å². The first-order chi connectivity index (χ1) is 11.0. The summed E-state index contributed by atoms with van der Waals surface area (Å²) in [7, 11) is 0. The zero-order valence-electron chi connectivity index (χ0n) is 13.8. The van der Waals surface area contributed by atoms with Crippen molar-refractivity contribution in [2.24, 2.45) is 0 Å². The molecule has 0 aliphatic rings. The molecule has 3 N–H and O–H groups in total. The first-order valence-electron chi connectivity index (χ1n) is 7.86. The zero-order valence-corrected chi connectivity index (χ0v) is 13.8. The van der Waals surface area contributed by atoms with Gasteiger partial charge in [0.15, 0.2) is 0 Å². The van der Waals surface area contributed by atoms with Gasteiger partial charge in [0.2, 0.25) is 5.91 Å². The number of nitrogen functional groups attached to an aromatic ring is 1. The molecule has 0 spiro atoms. The Morgan fingerprint density at radius 3 is 2.61 bits per heavy atom. The van der Waals surface area contributed by atoms with Gasteiger partial charge in [-0.15, -0.1) is 0 Å². The summed E-state index contributed by atoms with van der Waals surface area (Å²) >= 11 is 0. The summed E-state index contributed by atoms with van der Waals surface area (Å²) in [4.78, 5) is 11.8. The van der Waals surface area contributed by atoms with Crippen molar-refractivity contribution in [3.63, 3.8) is 0 Å². The van der Waals surface area contributed by atoms with Crippen LogP contribution >= 0.6 is 0 Å². The molecule has 0 aliphatic carbocycles. The SMILES string of the molecule is Cc1ccc(C)c(OCCC(=O)NCCc2ccc(N)cc2)c1. The average Bonchev–Trinajstić information content (AvgIpc) is 2.53. The number of ether oxygens (including phenoxy) is 1. The predicted molar refractivity (Wildman–Crippen MR) is 93.6 cm³/mol. The smallest absolute Gasteiger partial charge is 0.223 e. The second-order valence-corrected chi connectivity index (χ2v) is 5.71. The van der Waals surface area contributed by atoms with Gasteiger partial charge >= 0.3 is 0 Å². The Morgan fingerprint density at radius 2 is 1.87 bits per heavy atom. The van der Waals surface area contributed by atoms with Crippen molar-refractivity contribution in [2.45, 2.75) is 26.7 Å². The largest absolute Gasteiger partial charge is 0.493 e. The molecule has 0 unspecified atom stereocenters. The van der Waals surface area contributed by atoms with Crippen LogP contribution in [0.25, 0.3) is 0 Å². The van der Waals surface area contributed by atoms with Crippen LogP contribution in [-0.4, -0.2) is 19.1 Å². The van der Waals surface area contributed by atoms with Gasteiger partial charge in [0.05, 0.1) is 13.0 Å². The van der Waals surface area contributed by atoms with Crippen molar-refractivity contribution in [3.05, 3.63) is 59.2 Å². The van der Waals surface area contributed by atoms with E-state index in [1.807, 2.05) is 56.3 Å². The van der Waals surface area contributed by atoms with Crippen molar-refractivity contribution >= 4 is 11.6 Å². The average molecular weight is 312 g/mol. The quantitative estimate of drug-likeness (QED) is 0.772. The number of carbonyl (C=O) groups excluding carboxylic acids is 1. The van der Waals surface area contributed by atoms with Crippen molar-refractivity contribution in [3.8, 4) is 5.75 Å².